The van der Waals surface area contributed by atoms with Gasteiger partial charge in [-0.2, -0.15) is 13.2 Å². The molecule has 0 radical (unpaired) electrons. The number of aryl methyl sites for hydroxylation is 1. The van der Waals surface area contributed by atoms with Crippen molar-refractivity contribution in [1.82, 2.24) is 0 Å². The van der Waals surface area contributed by atoms with E-state index in [1.807, 2.05) is 0 Å². The van der Waals surface area contributed by atoms with Gasteiger partial charge in [0.05, 0.1) is 12.1 Å². The number of ether oxygens (including phenoxy) is 1. The Kier molecular flexibility index (Phi) is 2.73. The van der Waals surface area contributed by atoms with Crippen LogP contribution in [0.3, 0.4) is 0 Å². The van der Waals surface area contributed by atoms with Crippen LogP contribution >= 0.6 is 0 Å². The first-order chi connectivity index (χ1) is 8.27. The number of aliphatic hydroxyl groups is 1. The predicted molar refractivity (Wildman–Crippen MR) is 55.8 cm³/mol. The minimum atomic E-state index is -4.98. The van der Waals surface area contributed by atoms with E-state index < -0.39 is 18.4 Å². The summed E-state index contributed by atoms with van der Waals surface area (Å²) in [5.41, 5.74) is 0.752. The van der Waals surface area contributed by atoms with Crippen molar-refractivity contribution in [1.29, 1.82) is 0 Å². The Morgan fingerprint density at radius 2 is 2.06 bits per heavy atom. The molecule has 1 aromatic carbocycles. The molecule has 1 atom stereocenters. The molecule has 0 bridgehead atoms. The average molecular weight is 261 g/mol. The lowest BCUT2D eigenvalue weighted by Crippen LogP contribution is -2.54. The van der Waals surface area contributed by atoms with Gasteiger partial charge in [0, 0.05) is 5.56 Å². The van der Waals surface area contributed by atoms with Crippen LogP contribution in [0.1, 0.15) is 17.5 Å². The Labute approximate surface area is 100 Å². The molecule has 0 amide bonds. The lowest BCUT2D eigenvalue weighted by Gasteiger charge is -2.35. The zero-order valence-corrected chi connectivity index (χ0v) is 9.32. The Morgan fingerprint density at radius 3 is 2.61 bits per heavy atom. The second-order valence-corrected chi connectivity index (χ2v) is 4.11. The zero-order chi connectivity index (χ0) is 13.6. The van der Waals surface area contributed by atoms with Gasteiger partial charge in [-0.3, -0.25) is 0 Å². The highest BCUT2D eigenvalue weighted by Gasteiger charge is 2.59. The molecular formula is C11H10F3NO3. The standard InChI is InChI=1S/C11H10F3NO3/c1-6-2-3-9-7(4-6)8(15-17)5-10(16,18-9)11(12,13)14/h2-4,16-17H,5H2,1H3/b15-8+/t10-/m0/s1. The highest BCUT2D eigenvalue weighted by atomic mass is 19.4. The van der Waals surface area contributed by atoms with Crippen LogP contribution in [-0.4, -0.2) is 28.0 Å². The van der Waals surface area contributed by atoms with Crippen molar-refractivity contribution in [2.45, 2.75) is 25.3 Å². The first-order valence-corrected chi connectivity index (χ1v) is 5.07. The number of hydrogen-bond donors (Lipinski definition) is 2. The Hall–Kier alpha value is -1.76. The summed E-state index contributed by atoms with van der Waals surface area (Å²) >= 11 is 0. The van der Waals surface area contributed by atoms with Crippen molar-refractivity contribution in [3.8, 4) is 5.75 Å². The maximum atomic E-state index is 12.7. The highest BCUT2D eigenvalue weighted by molar-refractivity contribution is 6.04. The molecule has 0 fully saturated rings. The minimum absolute atomic E-state index is 0.167. The van der Waals surface area contributed by atoms with E-state index in [4.69, 9.17) is 5.21 Å². The summed E-state index contributed by atoms with van der Waals surface area (Å²) in [5.74, 6) is -3.53. The second kappa shape index (κ2) is 3.88. The molecule has 4 nitrogen and oxygen atoms in total. The third-order valence-corrected chi connectivity index (χ3v) is 2.70. The van der Waals surface area contributed by atoms with Gasteiger partial charge in [0.2, 0.25) is 0 Å². The molecule has 0 aromatic heterocycles. The zero-order valence-electron chi connectivity index (χ0n) is 9.32. The first-order valence-electron chi connectivity index (χ1n) is 5.07. The van der Waals surface area contributed by atoms with Gasteiger partial charge in [0.25, 0.3) is 0 Å². The van der Waals surface area contributed by atoms with Crippen molar-refractivity contribution < 1.29 is 28.2 Å². The van der Waals surface area contributed by atoms with Crippen LogP contribution < -0.4 is 4.74 Å². The van der Waals surface area contributed by atoms with Gasteiger partial charge < -0.3 is 15.1 Å². The van der Waals surface area contributed by atoms with Crippen LogP contribution in [-0.2, 0) is 0 Å². The summed E-state index contributed by atoms with van der Waals surface area (Å²) in [6.07, 6.45) is -5.94. The van der Waals surface area contributed by atoms with Gasteiger partial charge in [-0.05, 0) is 19.1 Å². The molecule has 98 valence electrons. The normalized spacial score (nSPS) is 25.7. The largest absolute Gasteiger partial charge is 0.455 e. The molecule has 0 aliphatic carbocycles. The summed E-state index contributed by atoms with van der Waals surface area (Å²) < 4.78 is 42.7. The molecule has 0 spiro atoms. The van der Waals surface area contributed by atoms with Crippen molar-refractivity contribution in [3.05, 3.63) is 29.3 Å². The first kappa shape index (κ1) is 12.7. The molecule has 7 heteroatoms. The summed E-state index contributed by atoms with van der Waals surface area (Å²) in [6, 6.07) is 4.36. The Morgan fingerprint density at radius 1 is 1.39 bits per heavy atom. The van der Waals surface area contributed by atoms with E-state index in [-0.39, 0.29) is 17.0 Å². The van der Waals surface area contributed by atoms with Crippen molar-refractivity contribution in [2.24, 2.45) is 5.16 Å². The van der Waals surface area contributed by atoms with Gasteiger partial charge in [-0.1, -0.05) is 16.8 Å². The molecule has 1 aliphatic heterocycles. The quantitative estimate of drug-likeness (QED) is 0.556. The number of alkyl halides is 3. The Balaban J connectivity index is 2.54. The van der Waals surface area contributed by atoms with Crippen molar-refractivity contribution in [3.63, 3.8) is 0 Å². The molecule has 18 heavy (non-hydrogen) atoms. The Bertz CT molecular complexity index is 513. The number of rotatable bonds is 0. The predicted octanol–water partition coefficient (Wildman–Crippen LogP) is 2.21. The average Bonchev–Trinajstić information content (AvgIpc) is 2.27. The van der Waals surface area contributed by atoms with E-state index in [1.54, 1.807) is 6.92 Å². The van der Waals surface area contributed by atoms with Gasteiger partial charge in [-0.25, -0.2) is 0 Å². The third kappa shape index (κ3) is 1.90. The van der Waals surface area contributed by atoms with E-state index in [0.29, 0.717) is 0 Å². The molecule has 1 heterocycles. The lowest BCUT2D eigenvalue weighted by atomic mass is 9.96. The fourth-order valence-corrected chi connectivity index (χ4v) is 1.75. The monoisotopic (exact) mass is 261 g/mol. The molecule has 0 saturated carbocycles. The number of benzene rings is 1. The van der Waals surface area contributed by atoms with Crippen LogP contribution in [0.25, 0.3) is 0 Å². The molecule has 1 aromatic rings. The summed E-state index contributed by atoms with van der Waals surface area (Å²) in [5, 5.41) is 21.1. The van der Waals surface area contributed by atoms with E-state index >= 15 is 0 Å². The minimum Gasteiger partial charge on any atom is -0.452 e. The highest BCUT2D eigenvalue weighted by Crippen LogP contribution is 2.41. The summed E-state index contributed by atoms with van der Waals surface area (Å²) in [4.78, 5) is 0. The third-order valence-electron chi connectivity index (χ3n) is 2.70. The van der Waals surface area contributed by atoms with E-state index in [9.17, 15) is 18.3 Å². The number of nitrogens with zero attached hydrogens (tertiary/aromatic N) is 1. The lowest BCUT2D eigenvalue weighted by molar-refractivity contribution is -0.333. The maximum Gasteiger partial charge on any atom is 0.455 e. The SMILES string of the molecule is Cc1ccc2c(c1)/C(=N/O)C[C@@](O)(C(F)(F)F)O2. The van der Waals surface area contributed by atoms with E-state index in [2.05, 4.69) is 9.89 Å². The molecular weight excluding hydrogens is 251 g/mol. The number of oxime groups is 1. The van der Waals surface area contributed by atoms with Crippen LogP contribution in [0.2, 0.25) is 0 Å². The fraction of sp³-hybridized carbons (Fsp3) is 0.364. The fourth-order valence-electron chi connectivity index (χ4n) is 1.75. The topological polar surface area (TPSA) is 62.1 Å². The van der Waals surface area contributed by atoms with E-state index in [1.165, 1.54) is 18.2 Å². The maximum absolute atomic E-state index is 12.7. The number of fused-ring (bicyclic) bond motifs is 1. The van der Waals surface area contributed by atoms with Crippen LogP contribution in [0.4, 0.5) is 13.2 Å². The molecule has 2 rings (SSSR count). The van der Waals surface area contributed by atoms with Crippen molar-refractivity contribution >= 4 is 5.71 Å². The second-order valence-electron chi connectivity index (χ2n) is 4.11. The van der Waals surface area contributed by atoms with Gasteiger partial charge in [0.15, 0.2) is 0 Å². The van der Waals surface area contributed by atoms with Crippen LogP contribution in [0.15, 0.2) is 23.4 Å². The van der Waals surface area contributed by atoms with Crippen LogP contribution in [0.5, 0.6) is 5.75 Å². The van der Waals surface area contributed by atoms with E-state index in [0.717, 1.165) is 5.56 Å². The summed E-state index contributed by atoms with van der Waals surface area (Å²) in [7, 11) is 0. The smallest absolute Gasteiger partial charge is 0.452 e. The molecule has 0 saturated heterocycles. The van der Waals surface area contributed by atoms with Crippen LogP contribution in [0, 0.1) is 6.92 Å². The van der Waals surface area contributed by atoms with Gasteiger partial charge in [0.1, 0.15) is 5.75 Å². The molecule has 1 aliphatic rings. The van der Waals surface area contributed by atoms with Gasteiger partial charge >= 0.3 is 12.0 Å². The summed E-state index contributed by atoms with van der Waals surface area (Å²) in [6.45, 7) is 1.74. The molecule has 0 unspecified atom stereocenters. The number of hydrogen-bond acceptors (Lipinski definition) is 4. The molecule has 2 N–H and O–H groups in total. The van der Waals surface area contributed by atoms with Gasteiger partial charge in [-0.15, -0.1) is 0 Å². The number of halogens is 3. The van der Waals surface area contributed by atoms with Crippen molar-refractivity contribution in [2.75, 3.05) is 0 Å².